The van der Waals surface area contributed by atoms with Gasteiger partial charge in [0.25, 0.3) is 0 Å². The average molecular weight is 1320 g/mol. The summed E-state index contributed by atoms with van der Waals surface area (Å²) >= 11 is 0. The topological polar surface area (TPSA) is 62.7 Å². The number of halogens is 2. The number of rotatable bonds is 11. The fourth-order valence-electron chi connectivity index (χ4n) is 7.18. The van der Waals surface area contributed by atoms with Gasteiger partial charge in [-0.2, -0.15) is 9.97 Å². The van der Waals surface area contributed by atoms with E-state index in [2.05, 4.69) is 146 Å². The van der Waals surface area contributed by atoms with Crippen molar-refractivity contribution in [3.63, 3.8) is 0 Å². The largest absolute Gasteiger partial charge is 1.00 e. The Morgan fingerprint density at radius 1 is 0.348 bits per heavy atom. The van der Waals surface area contributed by atoms with Gasteiger partial charge in [0.15, 0.2) is 0 Å². The zero-order valence-electron chi connectivity index (χ0n) is 37.8. The summed E-state index contributed by atoms with van der Waals surface area (Å²) in [5, 5.41) is 6.73. The Balaban J connectivity index is 0.000000631. The first-order chi connectivity index (χ1) is 30.7. The predicted molar refractivity (Wildman–Crippen MR) is 265 cm³/mol. The minimum absolute atomic E-state index is 0. The van der Waals surface area contributed by atoms with Crippen molar-refractivity contribution in [2.45, 2.75) is 51.4 Å². The quantitative estimate of drug-likeness (QED) is 0.134. The van der Waals surface area contributed by atoms with Gasteiger partial charge in [0.2, 0.25) is 23.5 Å². The molecule has 2 aliphatic rings. The minimum Gasteiger partial charge on any atom is -1.00 e. The molecule has 0 saturated carbocycles. The number of allylic oxidation sites excluding steroid dienone is 8. The van der Waals surface area contributed by atoms with E-state index in [1.807, 2.05) is 36.4 Å². The fraction of sp³-hybridized carbons (Fsp3) is 0.222. The normalized spacial score (nSPS) is 12.5. The van der Waals surface area contributed by atoms with Gasteiger partial charge in [0.05, 0.1) is 39.6 Å². The molecule has 0 N–H and O–H groups in total. The number of benzene rings is 4. The van der Waals surface area contributed by atoms with Crippen molar-refractivity contribution >= 4 is 47.7 Å². The first-order valence-corrected chi connectivity index (χ1v) is 24.0. The summed E-state index contributed by atoms with van der Waals surface area (Å²) < 4.78 is 23.8. The molecule has 0 unspecified atom stereocenters. The summed E-state index contributed by atoms with van der Waals surface area (Å²) in [5.74, 6) is 1.78. The zero-order chi connectivity index (χ0) is 43.2. The maximum absolute atomic E-state index is 6.12. The summed E-state index contributed by atoms with van der Waals surface area (Å²) in [4.78, 5) is 9.68. The van der Waals surface area contributed by atoms with Crippen molar-refractivity contribution in [3.8, 4) is 34.6 Å². The maximum Gasteiger partial charge on any atom is 0.225 e. The van der Waals surface area contributed by atoms with Gasteiger partial charge < -0.3 is 43.8 Å². The Bertz CT molecular complexity index is 2100. The van der Waals surface area contributed by atoms with Crippen molar-refractivity contribution in [1.29, 1.82) is 0 Å². The second kappa shape index (κ2) is 32.7. The number of ether oxygens (including phenoxy) is 4. The zero-order valence-corrected chi connectivity index (χ0v) is 45.9. The summed E-state index contributed by atoms with van der Waals surface area (Å²) in [7, 11) is 4.32. The van der Waals surface area contributed by atoms with Gasteiger partial charge >= 0.3 is 0 Å². The van der Waals surface area contributed by atoms with Gasteiger partial charge in [-0.1, -0.05) is 170 Å². The molecule has 0 bridgehead atoms. The SMILES string of the molecule is C1=CCCC=CCC1.C1=CCCC=CCC1.COc1cc(P(c2ccccc2)c2ccccc2)c(-c2c(P(c3ccccc3)c3ccccc3)cc(OC)nc2OC)c(OC)n1.[Cl-].[Cl-].[Ir].[Ir]. The standard InChI is InChI=1S/C38H34N2O4P2.2C8H12.2ClH.2Ir/c1-41-33-25-31(45(27-17-9-5-10-18-27)28-19-11-6-12-20-28)35(37(39-33)43-3)36-32(26-34(42-2)40-38(36)44-4)46(29-21-13-7-14-22-29)30-23-15-8-16-24-30;2*1-2-4-6-8-7-5-3-1;;;;/h5-26H,1-4H3;2*1-2,7-8H,3-6H2;2*1H;;/p-2. The van der Waals surface area contributed by atoms with Crippen LogP contribution in [0, 0.1) is 0 Å². The van der Waals surface area contributed by atoms with Crippen LogP contribution in [0.2, 0.25) is 0 Å². The fourth-order valence-corrected chi connectivity index (χ4v) is 12.1. The summed E-state index contributed by atoms with van der Waals surface area (Å²) in [5.41, 5.74) is 1.62. The van der Waals surface area contributed by atoms with E-state index in [0.29, 0.717) is 23.5 Å². The van der Waals surface area contributed by atoms with Crippen LogP contribution < -0.4 is 75.6 Å². The van der Waals surface area contributed by atoms with E-state index in [4.69, 9.17) is 28.9 Å². The van der Waals surface area contributed by atoms with E-state index in [1.54, 1.807) is 28.4 Å². The Hall–Kier alpha value is -3.92. The van der Waals surface area contributed by atoms with Crippen molar-refractivity contribution in [1.82, 2.24) is 9.97 Å². The predicted octanol–water partition coefficient (Wildman–Crippen LogP) is 5.04. The second-order valence-electron chi connectivity index (χ2n) is 14.3. The van der Waals surface area contributed by atoms with E-state index in [-0.39, 0.29) is 65.0 Å². The van der Waals surface area contributed by atoms with E-state index < -0.39 is 15.8 Å². The van der Waals surface area contributed by atoms with Crippen molar-refractivity contribution in [3.05, 3.63) is 182 Å². The molecule has 2 heterocycles. The number of nitrogens with zero attached hydrogens (tertiary/aromatic N) is 2. The van der Waals surface area contributed by atoms with Gasteiger partial charge in [-0.05, 0) is 88.4 Å². The molecule has 0 saturated heterocycles. The van der Waals surface area contributed by atoms with Crippen LogP contribution in [0.25, 0.3) is 11.1 Å². The molecular formula is C54H58Cl2Ir2N2O4P2-2. The maximum atomic E-state index is 6.12. The van der Waals surface area contributed by atoms with Crippen LogP contribution in [-0.4, -0.2) is 38.4 Å². The molecule has 0 amide bonds. The molecule has 6 nitrogen and oxygen atoms in total. The minimum atomic E-state index is -1.11. The summed E-state index contributed by atoms with van der Waals surface area (Å²) in [6, 6.07) is 46.2. The molecule has 12 heteroatoms. The molecule has 66 heavy (non-hydrogen) atoms. The third-order valence-corrected chi connectivity index (χ3v) is 15.1. The van der Waals surface area contributed by atoms with Crippen LogP contribution in [0.1, 0.15) is 51.4 Å². The molecule has 0 aliphatic heterocycles. The number of hydrogen-bond donors (Lipinski definition) is 0. The average Bonchev–Trinajstić information content (AvgIpc) is 3.30. The van der Waals surface area contributed by atoms with Crippen LogP contribution >= 0.6 is 15.8 Å². The summed E-state index contributed by atoms with van der Waals surface area (Å²) in [6.07, 6.45) is 28.0. The molecule has 6 aromatic rings. The Labute approximate surface area is 434 Å². The Morgan fingerprint density at radius 3 is 0.773 bits per heavy atom. The van der Waals surface area contributed by atoms with Crippen molar-refractivity contribution < 1.29 is 84.0 Å². The number of pyridine rings is 2. The molecule has 0 spiro atoms. The first-order valence-electron chi connectivity index (χ1n) is 21.3. The van der Waals surface area contributed by atoms with Gasteiger partial charge in [-0.15, -0.1) is 0 Å². The molecule has 2 aromatic heterocycles. The van der Waals surface area contributed by atoms with Gasteiger partial charge in [-0.25, -0.2) is 0 Å². The molecule has 352 valence electrons. The number of hydrogen-bond acceptors (Lipinski definition) is 6. The van der Waals surface area contributed by atoms with E-state index in [9.17, 15) is 0 Å². The third kappa shape index (κ3) is 16.7. The third-order valence-electron chi connectivity index (χ3n) is 10.1. The Morgan fingerprint density at radius 2 is 0.576 bits per heavy atom. The van der Waals surface area contributed by atoms with Crippen LogP contribution in [0.3, 0.4) is 0 Å². The van der Waals surface area contributed by atoms with Crippen LogP contribution in [0.15, 0.2) is 182 Å². The van der Waals surface area contributed by atoms with Crippen molar-refractivity contribution in [2.24, 2.45) is 0 Å². The molecule has 2 radical (unpaired) electrons. The molecular weight excluding hydrogens is 1260 g/mol. The number of methoxy groups -OCH3 is 4. The monoisotopic (exact) mass is 1320 g/mol. The molecule has 8 rings (SSSR count). The van der Waals surface area contributed by atoms with Crippen LogP contribution in [0.4, 0.5) is 0 Å². The first kappa shape index (κ1) is 58.2. The van der Waals surface area contributed by atoms with Gasteiger partial charge in [0.1, 0.15) is 0 Å². The van der Waals surface area contributed by atoms with E-state index >= 15 is 0 Å². The molecule has 0 atom stereocenters. The number of aromatic nitrogens is 2. The van der Waals surface area contributed by atoms with Gasteiger partial charge in [-0.3, -0.25) is 0 Å². The van der Waals surface area contributed by atoms with E-state index in [0.717, 1.165) is 21.7 Å². The van der Waals surface area contributed by atoms with Crippen LogP contribution in [0.5, 0.6) is 23.5 Å². The second-order valence-corrected chi connectivity index (χ2v) is 18.7. The Kier molecular flexibility index (Phi) is 28.9. The van der Waals surface area contributed by atoms with Crippen LogP contribution in [-0.2, 0) is 40.2 Å². The molecule has 2 aliphatic carbocycles. The van der Waals surface area contributed by atoms with Crippen molar-refractivity contribution in [2.75, 3.05) is 28.4 Å². The van der Waals surface area contributed by atoms with E-state index in [1.165, 1.54) is 72.6 Å². The molecule has 4 aromatic carbocycles. The summed E-state index contributed by atoms with van der Waals surface area (Å²) in [6.45, 7) is 0. The van der Waals surface area contributed by atoms with Gasteiger partial charge in [0, 0.05) is 63.0 Å². The smallest absolute Gasteiger partial charge is 0.225 e. The molecule has 0 fully saturated rings.